The van der Waals surface area contributed by atoms with Crippen LogP contribution in [0.5, 0.6) is 0 Å². The van der Waals surface area contributed by atoms with Crippen LogP contribution >= 0.6 is 23.3 Å². The highest BCUT2D eigenvalue weighted by Crippen LogP contribution is 2.26. The number of para-hydroxylation sites is 2. The average Bonchev–Trinajstić information content (AvgIpc) is 3.70. The summed E-state index contributed by atoms with van der Waals surface area (Å²) in [6.45, 7) is 4.38. The topological polar surface area (TPSA) is 94.7 Å². The van der Waals surface area contributed by atoms with Crippen LogP contribution in [0.25, 0.3) is 22.4 Å². The summed E-state index contributed by atoms with van der Waals surface area (Å²) >= 11 is 2.84. The third kappa shape index (κ3) is 6.07. The summed E-state index contributed by atoms with van der Waals surface area (Å²) in [7, 11) is 1.96. The van der Waals surface area contributed by atoms with E-state index in [-0.39, 0.29) is 5.56 Å². The van der Waals surface area contributed by atoms with Crippen molar-refractivity contribution in [3.8, 4) is 5.69 Å². The van der Waals surface area contributed by atoms with E-state index in [1.807, 2.05) is 113 Å². The summed E-state index contributed by atoms with van der Waals surface area (Å²) in [5.41, 5.74) is 4.37. The van der Waals surface area contributed by atoms with Crippen LogP contribution in [0.3, 0.4) is 0 Å². The maximum Gasteiger partial charge on any atom is 0.267 e. The van der Waals surface area contributed by atoms with Crippen molar-refractivity contribution in [2.75, 3.05) is 0 Å². The molecule has 47 heavy (non-hydrogen) atoms. The normalized spacial score (nSPS) is 13.1. The second-order valence-electron chi connectivity index (χ2n) is 11.2. The number of hydrogen-bond acceptors (Lipinski definition) is 7. The minimum absolute atomic E-state index is 0.128. The Bertz CT molecular complexity index is 2340. The molecule has 0 bridgehead atoms. The fourth-order valence-corrected chi connectivity index (χ4v) is 7.06. The summed E-state index contributed by atoms with van der Waals surface area (Å²) in [6, 6.07) is 35.5. The lowest BCUT2D eigenvalue weighted by Crippen LogP contribution is -2.22. The smallest absolute Gasteiger partial charge is 0.267 e. The van der Waals surface area contributed by atoms with Gasteiger partial charge in [0.05, 0.1) is 28.0 Å². The first-order chi connectivity index (χ1) is 23.0. The molecule has 0 N–H and O–H groups in total. The molecule has 0 amide bonds. The molecule has 0 saturated carbocycles. The first kappa shape index (κ1) is 30.5. The molecule has 0 fully saturated rings. The average molecular weight is 657 g/mol. The molecular weight excluding hydrogens is 625 g/mol. The first-order valence-electron chi connectivity index (χ1n) is 15.4. The van der Waals surface area contributed by atoms with E-state index in [9.17, 15) is 4.79 Å². The number of hydrogen-bond donors (Lipinski definition) is 0. The number of rotatable bonds is 8. The lowest BCUT2D eigenvalue weighted by molar-refractivity contribution is 0.733. The highest BCUT2D eigenvalue weighted by Gasteiger charge is 2.19. The van der Waals surface area contributed by atoms with Crippen LogP contribution in [-0.4, -0.2) is 33.9 Å². The van der Waals surface area contributed by atoms with E-state index in [4.69, 9.17) is 14.4 Å². The van der Waals surface area contributed by atoms with Crippen molar-refractivity contribution in [3.63, 3.8) is 0 Å². The zero-order valence-corrected chi connectivity index (χ0v) is 27.8. The molecule has 0 saturated heterocycles. The van der Waals surface area contributed by atoms with Gasteiger partial charge in [0.25, 0.3) is 5.56 Å². The number of thioether (sulfide) groups is 1. The van der Waals surface area contributed by atoms with Crippen LogP contribution in [0.2, 0.25) is 0 Å². The van der Waals surface area contributed by atoms with Gasteiger partial charge in [-0.15, -0.1) is 10.2 Å². The van der Waals surface area contributed by atoms with Gasteiger partial charge >= 0.3 is 0 Å². The number of amidine groups is 1. The van der Waals surface area contributed by atoms with Crippen LogP contribution in [0, 0.1) is 0 Å². The number of aliphatic imine (C=N–C) groups is 1. The van der Waals surface area contributed by atoms with Gasteiger partial charge in [0, 0.05) is 24.1 Å². The van der Waals surface area contributed by atoms with Crippen molar-refractivity contribution in [3.05, 3.63) is 141 Å². The molecule has 7 aromatic rings. The van der Waals surface area contributed by atoms with Gasteiger partial charge in [-0.25, -0.2) is 9.56 Å². The summed E-state index contributed by atoms with van der Waals surface area (Å²) in [6.07, 6.45) is 1.05. The van der Waals surface area contributed by atoms with E-state index in [0.29, 0.717) is 33.8 Å². The maximum absolute atomic E-state index is 13.8. The van der Waals surface area contributed by atoms with Gasteiger partial charge in [-0.05, 0) is 54.3 Å². The largest absolute Gasteiger partial charge is 0.306 e. The lowest BCUT2D eigenvalue weighted by atomic mass is 9.98. The minimum atomic E-state index is -0.128. The van der Waals surface area contributed by atoms with Crippen LogP contribution in [-0.2, 0) is 12.8 Å². The highest BCUT2D eigenvalue weighted by atomic mass is 32.2. The summed E-state index contributed by atoms with van der Waals surface area (Å²) in [5, 5.41) is 10.4. The molecule has 7 rings (SSSR count). The molecule has 0 spiro atoms. The molecule has 3 heterocycles. The molecule has 0 radical (unpaired) electrons. The maximum atomic E-state index is 13.8. The fraction of sp³-hybridized carbons (Fsp3) is 0.167. The molecular formula is C36H32N8OS2. The van der Waals surface area contributed by atoms with Crippen LogP contribution in [0.4, 0.5) is 5.69 Å². The van der Waals surface area contributed by atoms with Gasteiger partial charge in [0.15, 0.2) is 11.0 Å². The molecule has 234 valence electrons. The van der Waals surface area contributed by atoms with Crippen molar-refractivity contribution in [2.45, 2.75) is 37.1 Å². The third-order valence-corrected chi connectivity index (χ3v) is 9.94. The molecule has 0 aliphatic carbocycles. The van der Waals surface area contributed by atoms with Crippen LogP contribution < -0.4 is 10.4 Å². The van der Waals surface area contributed by atoms with Gasteiger partial charge < -0.3 is 4.57 Å². The van der Waals surface area contributed by atoms with E-state index in [1.165, 1.54) is 28.9 Å². The van der Waals surface area contributed by atoms with E-state index >= 15 is 0 Å². The Balaban J connectivity index is 1.25. The van der Waals surface area contributed by atoms with E-state index in [1.54, 1.807) is 4.57 Å². The summed E-state index contributed by atoms with van der Waals surface area (Å²) in [4.78, 5) is 24.3. The Labute approximate surface area is 279 Å². The third-order valence-electron chi connectivity index (χ3n) is 8.19. The van der Waals surface area contributed by atoms with Gasteiger partial charge in [-0.2, -0.15) is 9.37 Å². The van der Waals surface area contributed by atoms with Crippen LogP contribution in [0.1, 0.15) is 43.1 Å². The van der Waals surface area contributed by atoms with Gasteiger partial charge in [-0.3, -0.25) is 9.20 Å². The Morgan fingerprint density at radius 1 is 0.894 bits per heavy atom. The van der Waals surface area contributed by atoms with Crippen molar-refractivity contribution in [1.29, 1.82) is 0 Å². The Morgan fingerprint density at radius 3 is 2.34 bits per heavy atom. The molecule has 0 aliphatic rings. The zero-order chi connectivity index (χ0) is 32.3. The van der Waals surface area contributed by atoms with E-state index in [0.717, 1.165) is 39.5 Å². The second kappa shape index (κ2) is 13.3. The molecule has 11 heteroatoms. The second-order valence-corrected chi connectivity index (χ2v) is 12.8. The van der Waals surface area contributed by atoms with Crippen molar-refractivity contribution in [1.82, 2.24) is 28.1 Å². The van der Waals surface area contributed by atoms with Gasteiger partial charge in [0.2, 0.25) is 10.6 Å². The minimum Gasteiger partial charge on any atom is -0.306 e. The quantitative estimate of drug-likeness (QED) is 0.0971. The zero-order valence-electron chi connectivity index (χ0n) is 26.2. The van der Waals surface area contributed by atoms with Crippen molar-refractivity contribution < 1.29 is 0 Å². The monoisotopic (exact) mass is 656 g/mol. The van der Waals surface area contributed by atoms with Crippen molar-refractivity contribution >= 4 is 51.5 Å². The standard InChI is InChI=1S/C36H32N8OS2/c1-4-24(2)25-19-21-28(22-20-25)43-33(45)29-17-11-12-18-30(29)44-34(43)39-40-36(44)46-23-31-41-47-35(42(31)3)38-32(26-13-7-5-8-14-26)37-27-15-9-6-10-16-27/h5-22,24H,4,23H2,1-3H3. The molecule has 1 atom stereocenters. The van der Waals surface area contributed by atoms with Crippen molar-refractivity contribution in [2.24, 2.45) is 17.0 Å². The Kier molecular flexibility index (Phi) is 8.64. The summed E-state index contributed by atoms with van der Waals surface area (Å²) < 4.78 is 10.3. The van der Waals surface area contributed by atoms with Gasteiger partial charge in [0.1, 0.15) is 5.82 Å². The van der Waals surface area contributed by atoms with E-state index in [2.05, 4.69) is 36.2 Å². The highest BCUT2D eigenvalue weighted by molar-refractivity contribution is 7.98. The Morgan fingerprint density at radius 2 is 1.60 bits per heavy atom. The summed E-state index contributed by atoms with van der Waals surface area (Å²) in [5.74, 6) is 2.88. The molecule has 1 unspecified atom stereocenters. The molecule has 0 aliphatic heterocycles. The fourth-order valence-electron chi connectivity index (χ4n) is 5.32. The first-order valence-corrected chi connectivity index (χ1v) is 17.1. The SMILES string of the molecule is CCC(C)c1ccc(-n2c(=O)c3ccccc3n3c(SCc4nsc(=NC(=Nc5ccccc5)c5ccccc5)n4C)nnc23)cc1. The van der Waals surface area contributed by atoms with Crippen LogP contribution in [0.15, 0.2) is 129 Å². The number of aromatic nitrogens is 6. The lowest BCUT2D eigenvalue weighted by Gasteiger charge is -2.13. The number of benzene rings is 4. The predicted octanol–water partition coefficient (Wildman–Crippen LogP) is 7.31. The molecule has 3 aromatic heterocycles. The Hall–Kier alpha value is -5.13. The van der Waals surface area contributed by atoms with E-state index < -0.39 is 0 Å². The number of fused-ring (bicyclic) bond motifs is 3. The predicted molar refractivity (Wildman–Crippen MR) is 190 cm³/mol. The molecule has 4 aromatic carbocycles. The molecule has 9 nitrogen and oxygen atoms in total. The number of nitrogens with zero attached hydrogens (tertiary/aromatic N) is 8. The van der Waals surface area contributed by atoms with Gasteiger partial charge in [-0.1, -0.05) is 98.4 Å².